The van der Waals surface area contributed by atoms with E-state index >= 15 is 0 Å². The summed E-state index contributed by atoms with van der Waals surface area (Å²) in [6.45, 7) is 10.1. The first-order valence-electron chi connectivity index (χ1n) is 4.91. The van der Waals surface area contributed by atoms with Gasteiger partial charge in [-0.15, -0.1) is 0 Å². The Morgan fingerprint density at radius 3 is 2.43 bits per heavy atom. The number of hydrogen-bond donors (Lipinski definition) is 2. The third-order valence-electron chi connectivity index (χ3n) is 2.24. The van der Waals surface area contributed by atoms with Crippen LogP contribution in [-0.2, 0) is 4.74 Å². The Morgan fingerprint density at radius 1 is 1.43 bits per heavy atom. The summed E-state index contributed by atoms with van der Waals surface area (Å²) in [5, 5.41) is 7.02. The van der Waals surface area contributed by atoms with E-state index in [0.717, 1.165) is 6.54 Å². The quantitative estimate of drug-likeness (QED) is 0.554. The lowest BCUT2D eigenvalue weighted by atomic mass is 9.88. The fourth-order valence-corrected chi connectivity index (χ4v) is 1.01. The largest absolute Gasteiger partial charge is 0.383 e. The number of hydrogen-bond acceptors (Lipinski definition) is 2. The van der Waals surface area contributed by atoms with E-state index in [1.165, 1.54) is 0 Å². The molecule has 0 radical (unpaired) electrons. The van der Waals surface area contributed by atoms with Gasteiger partial charge in [0.15, 0.2) is 5.11 Å². The molecule has 0 saturated heterocycles. The van der Waals surface area contributed by atoms with Crippen molar-refractivity contribution in [2.75, 3.05) is 20.3 Å². The van der Waals surface area contributed by atoms with Crippen molar-refractivity contribution in [1.82, 2.24) is 10.6 Å². The highest BCUT2D eigenvalue weighted by Gasteiger charge is 2.20. The van der Waals surface area contributed by atoms with Crippen molar-refractivity contribution in [3.05, 3.63) is 0 Å². The van der Waals surface area contributed by atoms with Crippen LogP contribution in [0.1, 0.15) is 27.7 Å². The molecule has 0 aliphatic carbocycles. The van der Waals surface area contributed by atoms with Crippen molar-refractivity contribution in [3.8, 4) is 0 Å². The molecule has 1 unspecified atom stereocenters. The zero-order valence-corrected chi connectivity index (χ0v) is 10.6. The maximum atomic E-state index is 5.13. The smallest absolute Gasteiger partial charge is 0.166 e. The first-order chi connectivity index (χ1) is 6.38. The molecule has 0 aliphatic rings. The molecule has 0 fully saturated rings. The van der Waals surface area contributed by atoms with E-state index in [1.54, 1.807) is 7.11 Å². The Kier molecular flexibility index (Phi) is 6.04. The maximum Gasteiger partial charge on any atom is 0.166 e. The second-order valence-corrected chi connectivity index (χ2v) is 4.89. The summed E-state index contributed by atoms with van der Waals surface area (Å²) in [4.78, 5) is 0. The summed E-state index contributed by atoms with van der Waals surface area (Å²) < 4.78 is 4.91. The Hall–Kier alpha value is -0.350. The summed E-state index contributed by atoms with van der Waals surface area (Å²) >= 11 is 5.13. The van der Waals surface area contributed by atoms with Crippen LogP contribution >= 0.6 is 12.2 Å². The molecule has 0 aromatic rings. The molecule has 0 heterocycles. The molecule has 3 nitrogen and oxygen atoms in total. The lowest BCUT2D eigenvalue weighted by molar-refractivity contribution is 0.203. The van der Waals surface area contributed by atoms with E-state index in [1.807, 2.05) is 0 Å². The van der Waals surface area contributed by atoms with E-state index in [-0.39, 0.29) is 5.41 Å². The molecule has 1 atom stereocenters. The number of ether oxygens (including phenoxy) is 1. The van der Waals surface area contributed by atoms with Crippen LogP contribution in [0.15, 0.2) is 0 Å². The number of rotatable bonds is 4. The SMILES string of the molecule is COCCNC(=S)NC(C)C(C)(C)C. The van der Waals surface area contributed by atoms with Gasteiger partial charge in [0.25, 0.3) is 0 Å². The molecule has 2 N–H and O–H groups in total. The molecule has 0 aromatic carbocycles. The van der Waals surface area contributed by atoms with Crippen molar-refractivity contribution in [2.45, 2.75) is 33.7 Å². The normalized spacial score (nSPS) is 13.5. The minimum atomic E-state index is 0.215. The second-order valence-electron chi connectivity index (χ2n) is 4.48. The summed E-state index contributed by atoms with van der Waals surface area (Å²) in [7, 11) is 1.68. The molecule has 0 saturated carbocycles. The molecule has 0 spiro atoms. The van der Waals surface area contributed by atoms with Gasteiger partial charge in [0.05, 0.1) is 6.61 Å². The van der Waals surface area contributed by atoms with Crippen LogP contribution in [0.4, 0.5) is 0 Å². The lowest BCUT2D eigenvalue weighted by Crippen LogP contribution is -2.46. The van der Waals surface area contributed by atoms with Gasteiger partial charge in [0, 0.05) is 19.7 Å². The standard InChI is InChI=1S/C10H22N2OS/c1-8(10(2,3)4)12-9(14)11-6-7-13-5/h8H,6-7H2,1-5H3,(H2,11,12,14). The molecule has 4 heteroatoms. The second kappa shape index (κ2) is 6.19. The number of thiocarbonyl (C=S) groups is 1. The topological polar surface area (TPSA) is 33.3 Å². The van der Waals surface area contributed by atoms with Crippen LogP contribution in [0.3, 0.4) is 0 Å². The highest BCUT2D eigenvalue weighted by atomic mass is 32.1. The fraction of sp³-hybridized carbons (Fsp3) is 0.900. The van der Waals surface area contributed by atoms with Gasteiger partial charge in [-0.3, -0.25) is 0 Å². The van der Waals surface area contributed by atoms with Crippen LogP contribution in [0.2, 0.25) is 0 Å². The monoisotopic (exact) mass is 218 g/mol. The molecule has 84 valence electrons. The third kappa shape index (κ3) is 6.16. The Labute approximate surface area is 92.6 Å². The van der Waals surface area contributed by atoms with Crippen LogP contribution in [-0.4, -0.2) is 31.4 Å². The van der Waals surface area contributed by atoms with Gasteiger partial charge in [-0.1, -0.05) is 20.8 Å². The fourth-order valence-electron chi connectivity index (χ4n) is 0.731. The first kappa shape index (κ1) is 13.7. The Bertz CT molecular complexity index is 177. The van der Waals surface area contributed by atoms with E-state index in [2.05, 4.69) is 38.3 Å². The van der Waals surface area contributed by atoms with Crippen LogP contribution in [0.25, 0.3) is 0 Å². The molecule has 0 amide bonds. The first-order valence-corrected chi connectivity index (χ1v) is 5.32. The predicted octanol–water partition coefficient (Wildman–Crippen LogP) is 1.53. The molecule has 0 rings (SSSR count). The summed E-state index contributed by atoms with van der Waals surface area (Å²) in [6, 6.07) is 0.352. The number of methoxy groups -OCH3 is 1. The highest BCUT2D eigenvalue weighted by molar-refractivity contribution is 7.80. The Balaban J connectivity index is 3.72. The zero-order chi connectivity index (χ0) is 11.2. The van der Waals surface area contributed by atoms with Crippen LogP contribution in [0.5, 0.6) is 0 Å². The van der Waals surface area contributed by atoms with E-state index < -0.39 is 0 Å². The average molecular weight is 218 g/mol. The van der Waals surface area contributed by atoms with Gasteiger partial charge >= 0.3 is 0 Å². The molecule has 0 aliphatic heterocycles. The average Bonchev–Trinajstić information content (AvgIpc) is 2.03. The van der Waals surface area contributed by atoms with Gasteiger partial charge in [-0.05, 0) is 24.6 Å². The predicted molar refractivity (Wildman–Crippen MR) is 64.5 cm³/mol. The third-order valence-corrected chi connectivity index (χ3v) is 2.50. The van der Waals surface area contributed by atoms with E-state index in [9.17, 15) is 0 Å². The highest BCUT2D eigenvalue weighted by Crippen LogP contribution is 2.18. The summed E-state index contributed by atoms with van der Waals surface area (Å²) in [6.07, 6.45) is 0. The number of nitrogens with one attached hydrogen (secondary N) is 2. The van der Waals surface area contributed by atoms with Crippen LogP contribution in [0, 0.1) is 5.41 Å². The maximum absolute atomic E-state index is 5.13. The minimum absolute atomic E-state index is 0.215. The van der Waals surface area contributed by atoms with E-state index in [0.29, 0.717) is 17.8 Å². The van der Waals surface area contributed by atoms with Crippen LogP contribution < -0.4 is 10.6 Å². The molecule has 0 bridgehead atoms. The van der Waals surface area contributed by atoms with Crippen molar-refractivity contribution in [1.29, 1.82) is 0 Å². The van der Waals surface area contributed by atoms with Crippen molar-refractivity contribution in [3.63, 3.8) is 0 Å². The zero-order valence-electron chi connectivity index (χ0n) is 9.81. The lowest BCUT2D eigenvalue weighted by Gasteiger charge is -2.29. The molecular weight excluding hydrogens is 196 g/mol. The summed E-state index contributed by atoms with van der Waals surface area (Å²) in [5.41, 5.74) is 0.215. The molecule has 0 aromatic heterocycles. The molecular formula is C10H22N2OS. The van der Waals surface area contributed by atoms with Gasteiger partial charge in [0.1, 0.15) is 0 Å². The van der Waals surface area contributed by atoms with E-state index in [4.69, 9.17) is 17.0 Å². The Morgan fingerprint density at radius 2 is 2.00 bits per heavy atom. The summed E-state index contributed by atoms with van der Waals surface area (Å²) in [5.74, 6) is 0. The van der Waals surface area contributed by atoms with Gasteiger partial charge in [-0.25, -0.2) is 0 Å². The minimum Gasteiger partial charge on any atom is -0.383 e. The van der Waals surface area contributed by atoms with Crippen molar-refractivity contribution < 1.29 is 4.74 Å². The molecule has 14 heavy (non-hydrogen) atoms. The van der Waals surface area contributed by atoms with Gasteiger partial charge in [-0.2, -0.15) is 0 Å². The van der Waals surface area contributed by atoms with Crippen molar-refractivity contribution >= 4 is 17.3 Å². The van der Waals surface area contributed by atoms with Gasteiger partial charge in [0.2, 0.25) is 0 Å². The van der Waals surface area contributed by atoms with Gasteiger partial charge < -0.3 is 15.4 Å². The van der Waals surface area contributed by atoms with Crippen molar-refractivity contribution in [2.24, 2.45) is 5.41 Å².